The highest BCUT2D eigenvalue weighted by atomic mass is 35.5. The van der Waals surface area contributed by atoms with Gasteiger partial charge in [0.15, 0.2) is 6.29 Å². The smallest absolute Gasteiger partial charge is 0.257 e. The molecular weight excluding hydrogens is 332 g/mol. The van der Waals surface area contributed by atoms with Gasteiger partial charge in [-0.05, 0) is 38.1 Å². The topological polar surface area (TPSA) is 93.7 Å². The van der Waals surface area contributed by atoms with Crippen molar-refractivity contribution >= 4 is 27.5 Å². The Kier molecular flexibility index (Phi) is 7.77. The fourth-order valence-electron chi connectivity index (χ4n) is 1.54. The first kappa shape index (κ1) is 18.9. The number of ether oxygens (including phenoxy) is 2. The number of nitrogens with one attached hydrogen (secondary N) is 2. The van der Waals surface area contributed by atoms with Gasteiger partial charge in [0.05, 0.1) is 11.3 Å². The average Bonchev–Trinajstić information content (AvgIpc) is 2.46. The number of hydrogen-bond acceptors (Lipinski definition) is 5. The predicted octanol–water partition coefficient (Wildman–Crippen LogP) is 1.44. The van der Waals surface area contributed by atoms with E-state index < -0.39 is 22.2 Å². The number of sulfonamides is 1. The first-order valence-corrected chi connectivity index (χ1v) is 8.54. The number of hydrazine groups is 1. The van der Waals surface area contributed by atoms with E-state index in [1.54, 1.807) is 13.8 Å². The Morgan fingerprint density at radius 3 is 2.23 bits per heavy atom. The summed E-state index contributed by atoms with van der Waals surface area (Å²) in [5, 5.41) is 0.416. The Morgan fingerprint density at radius 2 is 1.73 bits per heavy atom. The van der Waals surface area contributed by atoms with Gasteiger partial charge in [0, 0.05) is 18.2 Å². The van der Waals surface area contributed by atoms with Crippen LogP contribution in [0.3, 0.4) is 0 Å². The zero-order valence-corrected chi connectivity index (χ0v) is 13.9. The van der Waals surface area contributed by atoms with Crippen molar-refractivity contribution in [1.82, 2.24) is 10.3 Å². The molecule has 0 aromatic heterocycles. The van der Waals surface area contributed by atoms with Crippen LogP contribution in [0.2, 0.25) is 5.02 Å². The Hall–Kier alpha value is -1.19. The lowest BCUT2D eigenvalue weighted by Gasteiger charge is -2.16. The van der Waals surface area contributed by atoms with E-state index in [1.165, 1.54) is 24.3 Å². The average molecular weight is 351 g/mol. The van der Waals surface area contributed by atoms with Crippen LogP contribution in [0.25, 0.3) is 0 Å². The fraction of sp³-hybridized carbons (Fsp3) is 0.462. The summed E-state index contributed by atoms with van der Waals surface area (Å²) in [7, 11) is -3.85. The molecule has 1 rings (SSSR count). The zero-order chi connectivity index (χ0) is 16.6. The second-order valence-corrected chi connectivity index (χ2v) is 6.27. The molecule has 124 valence electrons. The molecule has 0 aliphatic carbocycles. The lowest BCUT2D eigenvalue weighted by molar-refractivity contribution is -0.153. The van der Waals surface area contributed by atoms with Crippen molar-refractivity contribution in [3.05, 3.63) is 29.3 Å². The fourth-order valence-corrected chi connectivity index (χ4v) is 2.52. The molecule has 22 heavy (non-hydrogen) atoms. The monoisotopic (exact) mass is 350 g/mol. The summed E-state index contributed by atoms with van der Waals surface area (Å²) in [6.07, 6.45) is -0.833. The quantitative estimate of drug-likeness (QED) is 0.519. The van der Waals surface area contributed by atoms with E-state index >= 15 is 0 Å². The van der Waals surface area contributed by atoms with Crippen LogP contribution >= 0.6 is 11.6 Å². The lowest BCUT2D eigenvalue weighted by atomic mass is 10.4. The van der Waals surface area contributed by atoms with Gasteiger partial charge in [-0.25, -0.2) is 8.42 Å². The molecule has 1 aromatic carbocycles. The molecule has 0 bridgehead atoms. The van der Waals surface area contributed by atoms with Crippen molar-refractivity contribution in [2.75, 3.05) is 13.2 Å². The number of halogens is 1. The molecule has 0 heterocycles. The maximum atomic E-state index is 12.0. The third-order valence-corrected chi connectivity index (χ3v) is 4.02. The van der Waals surface area contributed by atoms with Crippen LogP contribution in [0.15, 0.2) is 29.2 Å². The van der Waals surface area contributed by atoms with E-state index in [4.69, 9.17) is 21.1 Å². The maximum absolute atomic E-state index is 12.0. The van der Waals surface area contributed by atoms with Crippen LogP contribution in [0, 0.1) is 0 Å². The largest absolute Gasteiger partial charge is 0.352 e. The van der Waals surface area contributed by atoms with Gasteiger partial charge >= 0.3 is 0 Å². The first-order valence-electron chi connectivity index (χ1n) is 6.68. The molecule has 1 amide bonds. The number of amides is 1. The molecule has 0 unspecified atom stereocenters. The van der Waals surface area contributed by atoms with E-state index in [2.05, 4.69) is 5.43 Å². The van der Waals surface area contributed by atoms with Gasteiger partial charge in [-0.15, -0.1) is 4.83 Å². The zero-order valence-electron chi connectivity index (χ0n) is 12.3. The molecule has 0 aliphatic heterocycles. The minimum absolute atomic E-state index is 0.0108. The maximum Gasteiger partial charge on any atom is 0.257 e. The normalized spacial score (nSPS) is 11.6. The summed E-state index contributed by atoms with van der Waals surface area (Å²) in [4.78, 5) is 13.7. The molecule has 0 fully saturated rings. The molecule has 0 spiro atoms. The van der Waals surface area contributed by atoms with E-state index in [1.807, 2.05) is 4.83 Å². The van der Waals surface area contributed by atoms with Crippen LogP contribution in [0.4, 0.5) is 0 Å². The number of carbonyl (C=O) groups excluding carboxylic acids is 1. The second-order valence-electron chi connectivity index (χ2n) is 4.15. The number of benzene rings is 1. The molecule has 0 radical (unpaired) electrons. The van der Waals surface area contributed by atoms with E-state index in [0.717, 1.165) is 0 Å². The third-order valence-electron chi connectivity index (χ3n) is 2.51. The predicted molar refractivity (Wildman–Crippen MR) is 81.6 cm³/mol. The van der Waals surface area contributed by atoms with Crippen molar-refractivity contribution in [3.63, 3.8) is 0 Å². The highest BCUT2D eigenvalue weighted by molar-refractivity contribution is 7.89. The van der Waals surface area contributed by atoms with Gasteiger partial charge in [-0.1, -0.05) is 11.6 Å². The lowest BCUT2D eigenvalue weighted by Crippen LogP contribution is -2.43. The minimum Gasteiger partial charge on any atom is -0.352 e. The summed E-state index contributed by atoms with van der Waals surface area (Å²) in [6, 6.07) is 5.55. The van der Waals surface area contributed by atoms with Crippen LogP contribution in [0.1, 0.15) is 20.3 Å². The minimum atomic E-state index is -3.85. The molecule has 0 atom stereocenters. The highest BCUT2D eigenvalue weighted by Crippen LogP contribution is 2.13. The van der Waals surface area contributed by atoms with Gasteiger partial charge in [0.25, 0.3) is 10.0 Å². The molecule has 1 aromatic rings. The summed E-state index contributed by atoms with van der Waals surface area (Å²) in [5.41, 5.74) is 2.11. The Bertz CT molecular complexity index is 571. The first-order chi connectivity index (χ1) is 10.4. The van der Waals surface area contributed by atoms with E-state index in [-0.39, 0.29) is 11.3 Å². The summed E-state index contributed by atoms with van der Waals surface area (Å²) in [6.45, 7) is 4.31. The van der Waals surface area contributed by atoms with Crippen molar-refractivity contribution < 1.29 is 22.7 Å². The Balaban J connectivity index is 2.56. The summed E-state index contributed by atoms with van der Waals surface area (Å²) >= 11 is 5.69. The van der Waals surface area contributed by atoms with Crippen LogP contribution in [0.5, 0.6) is 0 Å². The number of hydrogen-bond donors (Lipinski definition) is 2. The number of rotatable bonds is 9. The number of carbonyl (C=O) groups is 1. The SMILES string of the molecule is CCOC(CC(=O)NNS(=O)(=O)c1ccc(Cl)cc1)OCC. The highest BCUT2D eigenvalue weighted by Gasteiger charge is 2.18. The van der Waals surface area contributed by atoms with E-state index in [0.29, 0.717) is 18.2 Å². The molecule has 0 saturated carbocycles. The van der Waals surface area contributed by atoms with Crippen LogP contribution in [-0.4, -0.2) is 33.8 Å². The van der Waals surface area contributed by atoms with Crippen LogP contribution < -0.4 is 10.3 Å². The summed E-state index contributed by atoms with van der Waals surface area (Å²) < 4.78 is 34.3. The van der Waals surface area contributed by atoms with Crippen LogP contribution in [-0.2, 0) is 24.3 Å². The molecule has 0 aliphatic rings. The van der Waals surface area contributed by atoms with Gasteiger partial charge < -0.3 is 9.47 Å². The van der Waals surface area contributed by atoms with Gasteiger partial charge in [-0.2, -0.15) is 0 Å². The second kappa shape index (κ2) is 9.06. The molecule has 2 N–H and O–H groups in total. The van der Waals surface area contributed by atoms with Crippen molar-refractivity contribution in [2.45, 2.75) is 31.5 Å². The Morgan fingerprint density at radius 1 is 1.18 bits per heavy atom. The van der Waals surface area contributed by atoms with Crippen molar-refractivity contribution in [2.24, 2.45) is 0 Å². The van der Waals surface area contributed by atoms with Crippen molar-refractivity contribution in [1.29, 1.82) is 0 Å². The Labute approximate surface area is 135 Å². The van der Waals surface area contributed by atoms with Gasteiger partial charge in [0.1, 0.15) is 0 Å². The molecule has 7 nitrogen and oxygen atoms in total. The standard InChI is InChI=1S/C13H19ClN2O5S/c1-3-20-13(21-4-2)9-12(17)15-16-22(18,19)11-7-5-10(14)6-8-11/h5-8,13,16H,3-4,9H2,1-2H3,(H,15,17). The van der Waals surface area contributed by atoms with Gasteiger partial charge in [-0.3, -0.25) is 10.2 Å². The van der Waals surface area contributed by atoms with E-state index in [9.17, 15) is 13.2 Å². The summed E-state index contributed by atoms with van der Waals surface area (Å²) in [5.74, 6) is -0.565. The molecular formula is C13H19ClN2O5S. The molecule has 9 heteroatoms. The third kappa shape index (κ3) is 6.29. The van der Waals surface area contributed by atoms with Crippen molar-refractivity contribution in [3.8, 4) is 0 Å². The molecule has 0 saturated heterocycles. The van der Waals surface area contributed by atoms with Gasteiger partial charge in [0.2, 0.25) is 5.91 Å².